The highest BCUT2D eigenvalue weighted by Gasteiger charge is 1.97. The van der Waals surface area contributed by atoms with Gasteiger partial charge in [0.1, 0.15) is 5.82 Å². The van der Waals surface area contributed by atoms with Crippen LogP contribution in [0.15, 0.2) is 36.5 Å². The van der Waals surface area contributed by atoms with Gasteiger partial charge in [0.05, 0.1) is 11.9 Å². The predicted octanol–water partition coefficient (Wildman–Crippen LogP) is 4.44. The highest BCUT2D eigenvalue weighted by Crippen LogP contribution is 2.15. The molecule has 0 spiro atoms. The number of imidazole rings is 1. The third-order valence-corrected chi connectivity index (χ3v) is 1.79. The Balaban J connectivity index is 0.000000509. The van der Waals surface area contributed by atoms with Crippen molar-refractivity contribution in [3.63, 3.8) is 0 Å². The molecule has 2 heteroatoms. The third kappa shape index (κ3) is 4.30. The van der Waals surface area contributed by atoms with Gasteiger partial charge in [0, 0.05) is 0 Å². The number of aromatic nitrogens is 2. The van der Waals surface area contributed by atoms with Gasteiger partial charge in [-0.2, -0.15) is 0 Å². The number of hydrogen-bond acceptors (Lipinski definition) is 1. The maximum absolute atomic E-state index is 4.14. The van der Waals surface area contributed by atoms with Crippen molar-refractivity contribution < 1.29 is 0 Å². The standard InChI is InChI=1S/C10H10N2.2C2H6/c1-8-11-7-10(12-8)9-5-3-2-4-6-9;2*1-2/h2-7H,1H3,(H,11,12);2*1-2H3. The average molecular weight is 218 g/mol. The van der Waals surface area contributed by atoms with Crippen molar-refractivity contribution in [2.24, 2.45) is 0 Å². The number of aryl methyl sites for hydroxylation is 1. The summed E-state index contributed by atoms with van der Waals surface area (Å²) in [5.74, 6) is 0.953. The molecule has 0 bridgehead atoms. The molecule has 1 N–H and O–H groups in total. The van der Waals surface area contributed by atoms with Gasteiger partial charge in [-0.25, -0.2) is 4.98 Å². The van der Waals surface area contributed by atoms with Crippen LogP contribution < -0.4 is 0 Å². The first kappa shape index (κ1) is 14.4. The van der Waals surface area contributed by atoms with E-state index in [4.69, 9.17) is 0 Å². The molecule has 1 aromatic heterocycles. The van der Waals surface area contributed by atoms with E-state index in [1.54, 1.807) is 0 Å². The number of benzene rings is 1. The fourth-order valence-electron chi connectivity index (χ4n) is 1.19. The highest BCUT2D eigenvalue weighted by molar-refractivity contribution is 5.57. The Kier molecular flexibility index (Phi) is 7.86. The molecule has 0 aliphatic rings. The lowest BCUT2D eigenvalue weighted by Gasteiger charge is -1.94. The lowest BCUT2D eigenvalue weighted by molar-refractivity contribution is 1.15. The molecule has 0 aliphatic heterocycles. The van der Waals surface area contributed by atoms with Crippen molar-refractivity contribution in [3.8, 4) is 11.3 Å². The van der Waals surface area contributed by atoms with Crippen molar-refractivity contribution in [3.05, 3.63) is 42.4 Å². The number of nitrogens with one attached hydrogen (secondary N) is 1. The molecule has 0 saturated carbocycles. The van der Waals surface area contributed by atoms with Crippen LogP contribution >= 0.6 is 0 Å². The van der Waals surface area contributed by atoms with Crippen molar-refractivity contribution >= 4 is 0 Å². The lowest BCUT2D eigenvalue weighted by atomic mass is 10.2. The normalized spacial score (nSPS) is 8.31. The van der Waals surface area contributed by atoms with Gasteiger partial charge in [0.2, 0.25) is 0 Å². The summed E-state index contributed by atoms with van der Waals surface area (Å²) in [6, 6.07) is 10.2. The van der Waals surface area contributed by atoms with Crippen molar-refractivity contribution in [1.29, 1.82) is 0 Å². The molecule has 88 valence electrons. The zero-order valence-corrected chi connectivity index (χ0v) is 10.9. The smallest absolute Gasteiger partial charge is 0.103 e. The second kappa shape index (κ2) is 8.72. The summed E-state index contributed by atoms with van der Waals surface area (Å²) in [6.07, 6.45) is 1.85. The van der Waals surface area contributed by atoms with E-state index in [0.29, 0.717) is 0 Å². The quantitative estimate of drug-likeness (QED) is 0.753. The highest BCUT2D eigenvalue weighted by atomic mass is 14.9. The topological polar surface area (TPSA) is 28.7 Å². The fraction of sp³-hybridized carbons (Fsp3) is 0.357. The Bertz CT molecular complexity index is 363. The van der Waals surface area contributed by atoms with E-state index in [9.17, 15) is 0 Å². The summed E-state index contributed by atoms with van der Waals surface area (Å²) in [5, 5.41) is 0. The van der Waals surface area contributed by atoms with Crippen LogP contribution in [0.4, 0.5) is 0 Å². The third-order valence-electron chi connectivity index (χ3n) is 1.79. The molecular weight excluding hydrogens is 196 g/mol. The summed E-state index contributed by atoms with van der Waals surface area (Å²) in [6.45, 7) is 9.95. The van der Waals surface area contributed by atoms with E-state index in [-0.39, 0.29) is 0 Å². The zero-order chi connectivity index (χ0) is 12.4. The van der Waals surface area contributed by atoms with E-state index in [1.165, 1.54) is 5.56 Å². The Morgan fingerprint density at radius 2 is 1.50 bits per heavy atom. The van der Waals surface area contributed by atoms with Crippen LogP contribution in [-0.2, 0) is 0 Å². The molecular formula is C14H22N2. The number of hydrogen-bond donors (Lipinski definition) is 1. The first-order chi connectivity index (χ1) is 7.86. The molecule has 0 saturated heterocycles. The number of H-pyrrole nitrogens is 1. The molecule has 16 heavy (non-hydrogen) atoms. The van der Waals surface area contributed by atoms with E-state index in [1.807, 2.05) is 59.0 Å². The SMILES string of the molecule is CC.CC.Cc1ncc(-c2ccccc2)[nH]1. The van der Waals surface area contributed by atoms with Crippen LogP contribution in [0.3, 0.4) is 0 Å². The van der Waals surface area contributed by atoms with Gasteiger partial charge >= 0.3 is 0 Å². The van der Waals surface area contributed by atoms with E-state index < -0.39 is 0 Å². The summed E-state index contributed by atoms with van der Waals surface area (Å²) in [4.78, 5) is 7.32. The lowest BCUT2D eigenvalue weighted by Crippen LogP contribution is -1.76. The largest absolute Gasteiger partial charge is 0.342 e. The van der Waals surface area contributed by atoms with Gasteiger partial charge < -0.3 is 4.98 Å². The molecule has 0 atom stereocenters. The summed E-state index contributed by atoms with van der Waals surface area (Å²) >= 11 is 0. The fourth-order valence-corrected chi connectivity index (χ4v) is 1.19. The number of rotatable bonds is 1. The van der Waals surface area contributed by atoms with Crippen LogP contribution in [0.5, 0.6) is 0 Å². The predicted molar refractivity (Wildman–Crippen MR) is 71.5 cm³/mol. The summed E-state index contributed by atoms with van der Waals surface area (Å²) < 4.78 is 0. The van der Waals surface area contributed by atoms with Crippen molar-refractivity contribution in [2.45, 2.75) is 34.6 Å². The minimum atomic E-state index is 0.953. The van der Waals surface area contributed by atoms with Crippen LogP contribution in [0.25, 0.3) is 11.3 Å². The van der Waals surface area contributed by atoms with Crippen molar-refractivity contribution in [1.82, 2.24) is 9.97 Å². The van der Waals surface area contributed by atoms with Crippen LogP contribution in [0.2, 0.25) is 0 Å². The molecule has 2 nitrogen and oxygen atoms in total. The van der Waals surface area contributed by atoms with Gasteiger partial charge in [0.25, 0.3) is 0 Å². The Morgan fingerprint density at radius 3 is 1.94 bits per heavy atom. The molecule has 0 radical (unpaired) electrons. The number of aromatic amines is 1. The molecule has 2 aromatic rings. The molecule has 0 aliphatic carbocycles. The van der Waals surface area contributed by atoms with Crippen LogP contribution in [-0.4, -0.2) is 9.97 Å². The van der Waals surface area contributed by atoms with Crippen LogP contribution in [0, 0.1) is 6.92 Å². The summed E-state index contributed by atoms with van der Waals surface area (Å²) in [5.41, 5.74) is 2.26. The van der Waals surface area contributed by atoms with Crippen LogP contribution in [0.1, 0.15) is 33.5 Å². The average Bonchev–Trinajstić information content (AvgIpc) is 2.82. The maximum atomic E-state index is 4.14. The minimum Gasteiger partial charge on any atom is -0.342 e. The molecule has 0 unspecified atom stereocenters. The molecule has 1 aromatic carbocycles. The first-order valence-electron chi connectivity index (χ1n) is 5.93. The minimum absolute atomic E-state index is 0.953. The monoisotopic (exact) mass is 218 g/mol. The van der Waals surface area contributed by atoms with Gasteiger partial charge in [-0.3, -0.25) is 0 Å². The molecule has 0 fully saturated rings. The molecule has 2 rings (SSSR count). The Labute approximate surface area is 98.8 Å². The second-order valence-corrected chi connectivity index (χ2v) is 2.75. The number of nitrogens with zero attached hydrogens (tertiary/aromatic N) is 1. The summed E-state index contributed by atoms with van der Waals surface area (Å²) in [7, 11) is 0. The molecule has 1 heterocycles. The van der Waals surface area contributed by atoms with Gasteiger partial charge in [0.15, 0.2) is 0 Å². The molecule has 0 amide bonds. The first-order valence-corrected chi connectivity index (χ1v) is 5.93. The van der Waals surface area contributed by atoms with Crippen molar-refractivity contribution in [2.75, 3.05) is 0 Å². The second-order valence-electron chi connectivity index (χ2n) is 2.75. The zero-order valence-electron chi connectivity index (χ0n) is 10.9. The van der Waals surface area contributed by atoms with E-state index >= 15 is 0 Å². The van der Waals surface area contributed by atoms with E-state index in [0.717, 1.165) is 11.5 Å². The maximum Gasteiger partial charge on any atom is 0.103 e. The van der Waals surface area contributed by atoms with Gasteiger partial charge in [-0.05, 0) is 12.5 Å². The van der Waals surface area contributed by atoms with Gasteiger partial charge in [-0.1, -0.05) is 58.0 Å². The van der Waals surface area contributed by atoms with E-state index in [2.05, 4.69) is 22.1 Å². The van der Waals surface area contributed by atoms with Gasteiger partial charge in [-0.15, -0.1) is 0 Å². The Hall–Kier alpha value is -1.57. The Morgan fingerprint density at radius 1 is 0.938 bits per heavy atom.